The molecule has 1 aromatic rings. The van der Waals surface area contributed by atoms with E-state index in [9.17, 15) is 14.7 Å². The monoisotopic (exact) mass is 272 g/mol. The fourth-order valence-electron chi connectivity index (χ4n) is 3.10. The lowest BCUT2D eigenvalue weighted by Gasteiger charge is -2.30. The van der Waals surface area contributed by atoms with Crippen LogP contribution in [0.3, 0.4) is 0 Å². The third-order valence-corrected chi connectivity index (χ3v) is 3.97. The molecule has 20 heavy (non-hydrogen) atoms. The van der Waals surface area contributed by atoms with E-state index in [0.717, 1.165) is 5.56 Å². The molecule has 4 nitrogen and oxygen atoms in total. The molecule has 3 rings (SSSR count). The Bertz CT molecular complexity index is 670. The van der Waals surface area contributed by atoms with Gasteiger partial charge in [0.2, 0.25) is 0 Å². The van der Waals surface area contributed by atoms with Crippen LogP contribution in [-0.4, -0.2) is 22.8 Å². The smallest absolute Gasteiger partial charge is 0.193 e. The van der Waals surface area contributed by atoms with E-state index in [2.05, 4.69) is 0 Å². The normalized spacial score (nSPS) is 25.1. The van der Waals surface area contributed by atoms with Crippen molar-refractivity contribution in [1.29, 1.82) is 0 Å². The minimum absolute atomic E-state index is 0.0293. The van der Waals surface area contributed by atoms with E-state index >= 15 is 0 Å². The Morgan fingerprint density at radius 3 is 2.70 bits per heavy atom. The van der Waals surface area contributed by atoms with Gasteiger partial charge in [-0.05, 0) is 44.9 Å². The molecule has 1 N–H and O–H groups in total. The van der Waals surface area contributed by atoms with Crippen LogP contribution in [0.15, 0.2) is 17.7 Å². The first kappa shape index (κ1) is 13.1. The summed E-state index contributed by atoms with van der Waals surface area (Å²) in [5, 5.41) is 10.5. The van der Waals surface area contributed by atoms with Crippen molar-refractivity contribution < 1.29 is 19.4 Å². The Hall–Kier alpha value is -1.94. The van der Waals surface area contributed by atoms with Crippen LogP contribution in [-0.2, 0) is 11.2 Å². The molecule has 2 atom stereocenters. The summed E-state index contributed by atoms with van der Waals surface area (Å²) in [6.45, 7) is 5.38. The van der Waals surface area contributed by atoms with Gasteiger partial charge in [0.15, 0.2) is 11.6 Å². The zero-order chi connectivity index (χ0) is 14.6. The van der Waals surface area contributed by atoms with Crippen LogP contribution in [0, 0.1) is 0 Å². The summed E-state index contributed by atoms with van der Waals surface area (Å²) in [6, 6.07) is 1.74. The summed E-state index contributed by atoms with van der Waals surface area (Å²) in [6.07, 6.45) is 1.71. The standard InChI is InChI=1S/C16H16O4/c1-7-4-12(17)11-6-10-5-8(2)20-9(3)13(10)16(19)14(11)15(7)18/h4,6,8-9,19H,5H2,1-3H3/t8-,9+/m0/s1. The van der Waals surface area contributed by atoms with Crippen molar-refractivity contribution in [3.05, 3.63) is 40.0 Å². The number of carbonyl (C=O) groups excluding carboxylic acids is 2. The molecule has 0 amide bonds. The lowest BCUT2D eigenvalue weighted by Crippen LogP contribution is -2.25. The maximum Gasteiger partial charge on any atom is 0.193 e. The van der Waals surface area contributed by atoms with Gasteiger partial charge in [-0.2, -0.15) is 0 Å². The molecule has 104 valence electrons. The minimum atomic E-state index is -0.286. The van der Waals surface area contributed by atoms with Gasteiger partial charge in [-0.25, -0.2) is 0 Å². The Balaban J connectivity index is 2.29. The summed E-state index contributed by atoms with van der Waals surface area (Å²) in [4.78, 5) is 24.3. The Kier molecular flexibility index (Phi) is 2.80. The van der Waals surface area contributed by atoms with E-state index in [-0.39, 0.29) is 35.1 Å². The topological polar surface area (TPSA) is 63.6 Å². The SMILES string of the molecule is CC1=CC(=O)c2cc3c(c(O)c2C1=O)[C@@H](C)O[C@@H](C)C3. The molecule has 0 saturated heterocycles. The highest BCUT2D eigenvalue weighted by atomic mass is 16.5. The van der Waals surface area contributed by atoms with E-state index in [1.807, 2.05) is 13.8 Å². The lowest BCUT2D eigenvalue weighted by atomic mass is 9.83. The Morgan fingerprint density at radius 1 is 1.30 bits per heavy atom. The fourth-order valence-corrected chi connectivity index (χ4v) is 3.10. The van der Waals surface area contributed by atoms with Gasteiger partial charge in [0.25, 0.3) is 0 Å². The highest BCUT2D eigenvalue weighted by molar-refractivity contribution is 6.25. The zero-order valence-corrected chi connectivity index (χ0v) is 11.7. The number of phenols is 1. The maximum absolute atomic E-state index is 12.2. The number of fused-ring (bicyclic) bond motifs is 2. The first-order valence-corrected chi connectivity index (χ1v) is 6.71. The van der Waals surface area contributed by atoms with E-state index in [1.54, 1.807) is 13.0 Å². The largest absolute Gasteiger partial charge is 0.507 e. The molecule has 0 fully saturated rings. The lowest BCUT2D eigenvalue weighted by molar-refractivity contribution is -0.00608. The number of carbonyl (C=O) groups is 2. The van der Waals surface area contributed by atoms with Crippen molar-refractivity contribution in [3.8, 4) is 5.75 Å². The molecule has 0 bridgehead atoms. The van der Waals surface area contributed by atoms with E-state index in [4.69, 9.17) is 4.74 Å². The number of hydrogen-bond donors (Lipinski definition) is 1. The molecule has 1 aromatic carbocycles. The first-order valence-electron chi connectivity index (χ1n) is 6.71. The van der Waals surface area contributed by atoms with Gasteiger partial charge in [-0.3, -0.25) is 9.59 Å². The number of ketones is 2. The van der Waals surface area contributed by atoms with Gasteiger partial charge in [0.1, 0.15) is 5.75 Å². The maximum atomic E-state index is 12.2. The highest BCUT2D eigenvalue weighted by Gasteiger charge is 2.33. The number of ether oxygens (including phenoxy) is 1. The predicted octanol–water partition coefficient (Wildman–Crippen LogP) is 2.74. The third kappa shape index (κ3) is 1.72. The van der Waals surface area contributed by atoms with Crippen molar-refractivity contribution >= 4 is 11.6 Å². The number of benzene rings is 1. The van der Waals surface area contributed by atoms with Crippen molar-refractivity contribution in [2.24, 2.45) is 0 Å². The second kappa shape index (κ2) is 4.28. The van der Waals surface area contributed by atoms with Gasteiger partial charge in [0.05, 0.1) is 17.8 Å². The zero-order valence-electron chi connectivity index (χ0n) is 11.7. The predicted molar refractivity (Wildman–Crippen MR) is 73.2 cm³/mol. The molecular weight excluding hydrogens is 256 g/mol. The van der Waals surface area contributed by atoms with Crippen molar-refractivity contribution in [1.82, 2.24) is 0 Å². The summed E-state index contributed by atoms with van der Waals surface area (Å²) >= 11 is 0. The number of hydrogen-bond acceptors (Lipinski definition) is 4. The molecule has 4 heteroatoms. The highest BCUT2D eigenvalue weighted by Crippen LogP contribution is 2.41. The van der Waals surface area contributed by atoms with Crippen molar-refractivity contribution in [3.63, 3.8) is 0 Å². The van der Waals surface area contributed by atoms with Crippen LogP contribution in [0.2, 0.25) is 0 Å². The molecule has 0 saturated carbocycles. The van der Waals surface area contributed by atoms with Gasteiger partial charge < -0.3 is 9.84 Å². The molecular formula is C16H16O4. The van der Waals surface area contributed by atoms with E-state index in [0.29, 0.717) is 23.1 Å². The van der Waals surface area contributed by atoms with Crippen LogP contribution in [0.5, 0.6) is 5.75 Å². The summed E-state index contributed by atoms with van der Waals surface area (Å²) in [5.41, 5.74) is 2.31. The van der Waals surface area contributed by atoms with Crippen LogP contribution in [0.1, 0.15) is 58.7 Å². The summed E-state index contributed by atoms with van der Waals surface area (Å²) in [5.74, 6) is -0.601. The quantitative estimate of drug-likeness (QED) is 0.788. The second-order valence-corrected chi connectivity index (χ2v) is 5.53. The Labute approximate surface area is 117 Å². The summed E-state index contributed by atoms with van der Waals surface area (Å²) in [7, 11) is 0. The molecule has 2 aliphatic rings. The van der Waals surface area contributed by atoms with Crippen LogP contribution in [0.25, 0.3) is 0 Å². The van der Waals surface area contributed by atoms with Gasteiger partial charge >= 0.3 is 0 Å². The number of rotatable bonds is 0. The van der Waals surface area contributed by atoms with Gasteiger partial charge in [0, 0.05) is 16.7 Å². The van der Waals surface area contributed by atoms with E-state index < -0.39 is 0 Å². The number of Topliss-reactive ketones (excluding diaryl/α,β-unsaturated/α-hetero) is 1. The molecule has 1 heterocycles. The third-order valence-electron chi connectivity index (χ3n) is 3.97. The second-order valence-electron chi connectivity index (χ2n) is 5.53. The Morgan fingerprint density at radius 2 is 2.00 bits per heavy atom. The van der Waals surface area contributed by atoms with Crippen LogP contribution < -0.4 is 0 Å². The van der Waals surface area contributed by atoms with E-state index in [1.165, 1.54) is 6.08 Å². The molecule has 0 unspecified atom stereocenters. The van der Waals surface area contributed by atoms with Crippen LogP contribution in [0.4, 0.5) is 0 Å². The van der Waals surface area contributed by atoms with Crippen molar-refractivity contribution in [2.45, 2.75) is 39.4 Å². The average molecular weight is 272 g/mol. The fraction of sp³-hybridized carbons (Fsp3) is 0.375. The van der Waals surface area contributed by atoms with Crippen LogP contribution >= 0.6 is 0 Å². The van der Waals surface area contributed by atoms with Crippen molar-refractivity contribution in [2.75, 3.05) is 0 Å². The number of phenolic OH excluding ortho intramolecular Hbond substituents is 1. The summed E-state index contributed by atoms with van der Waals surface area (Å²) < 4.78 is 5.70. The molecule has 0 aromatic heterocycles. The molecule has 0 radical (unpaired) electrons. The number of allylic oxidation sites excluding steroid dienone is 2. The first-order chi connectivity index (χ1) is 9.40. The molecule has 0 spiro atoms. The average Bonchev–Trinajstić information content (AvgIpc) is 2.34. The molecule has 1 aliphatic heterocycles. The van der Waals surface area contributed by atoms with Gasteiger partial charge in [-0.15, -0.1) is 0 Å². The number of aromatic hydroxyl groups is 1. The minimum Gasteiger partial charge on any atom is -0.507 e. The molecule has 1 aliphatic carbocycles. The van der Waals surface area contributed by atoms with Gasteiger partial charge in [-0.1, -0.05) is 0 Å².